The number of ether oxygens (including phenoxy) is 1. The lowest BCUT2D eigenvalue weighted by Gasteiger charge is -2.44. The van der Waals surface area contributed by atoms with Crippen LogP contribution in [0.5, 0.6) is 0 Å². The van der Waals surface area contributed by atoms with Crippen molar-refractivity contribution >= 4 is 0 Å². The monoisotopic (exact) mass is 286 g/mol. The molecule has 3 aliphatic rings. The van der Waals surface area contributed by atoms with Gasteiger partial charge in [-0.1, -0.05) is 24.3 Å². The number of hydrogen-bond acceptors (Lipinski definition) is 3. The molecule has 3 nitrogen and oxygen atoms in total. The molecule has 2 aliphatic carbocycles. The van der Waals surface area contributed by atoms with E-state index in [1.165, 1.54) is 49.7 Å². The summed E-state index contributed by atoms with van der Waals surface area (Å²) in [6.07, 6.45) is 7.95. The molecule has 114 valence electrons. The van der Waals surface area contributed by atoms with E-state index in [4.69, 9.17) is 10.5 Å². The van der Waals surface area contributed by atoms with E-state index in [0.29, 0.717) is 18.2 Å². The van der Waals surface area contributed by atoms with Crippen LogP contribution in [0.1, 0.15) is 49.3 Å². The van der Waals surface area contributed by atoms with Crippen molar-refractivity contribution in [1.82, 2.24) is 4.90 Å². The first-order chi connectivity index (χ1) is 10.3. The normalized spacial score (nSPS) is 36.8. The van der Waals surface area contributed by atoms with Crippen LogP contribution in [0.3, 0.4) is 0 Å². The van der Waals surface area contributed by atoms with E-state index < -0.39 is 0 Å². The Morgan fingerprint density at radius 3 is 2.86 bits per heavy atom. The zero-order chi connectivity index (χ0) is 14.2. The molecule has 1 heterocycles. The summed E-state index contributed by atoms with van der Waals surface area (Å²) < 4.78 is 5.98. The third kappa shape index (κ3) is 2.41. The highest BCUT2D eigenvalue weighted by Crippen LogP contribution is 2.37. The molecule has 2 fully saturated rings. The van der Waals surface area contributed by atoms with Gasteiger partial charge in [-0.3, -0.25) is 4.90 Å². The van der Waals surface area contributed by atoms with E-state index in [9.17, 15) is 0 Å². The number of benzene rings is 1. The zero-order valence-electron chi connectivity index (χ0n) is 12.7. The topological polar surface area (TPSA) is 38.5 Å². The van der Waals surface area contributed by atoms with Gasteiger partial charge in [0, 0.05) is 24.7 Å². The number of nitrogens with two attached hydrogens (primary N) is 1. The Bertz CT molecular complexity index is 504. The lowest BCUT2D eigenvalue weighted by Crippen LogP contribution is -2.55. The van der Waals surface area contributed by atoms with Crippen molar-refractivity contribution in [1.29, 1.82) is 0 Å². The standard InChI is InChI=1S/C18H26N2O/c19-18-14-7-2-1-5-13(14)6-3-9-16(18)20-11-12-21-17-10-4-8-15(17)20/h1-2,5,7,15-18H,3-4,6,8-12,19H2. The van der Waals surface area contributed by atoms with Crippen LogP contribution >= 0.6 is 0 Å². The fraction of sp³-hybridized carbons (Fsp3) is 0.667. The molecule has 0 radical (unpaired) electrons. The second-order valence-corrected chi connectivity index (χ2v) is 6.83. The Labute approximate surface area is 127 Å². The Morgan fingerprint density at radius 1 is 1.05 bits per heavy atom. The van der Waals surface area contributed by atoms with E-state index in [1.54, 1.807) is 0 Å². The number of aryl methyl sites for hydroxylation is 1. The first kappa shape index (κ1) is 13.7. The number of nitrogens with zero attached hydrogens (tertiary/aromatic N) is 1. The van der Waals surface area contributed by atoms with Crippen molar-refractivity contribution in [2.75, 3.05) is 13.2 Å². The van der Waals surface area contributed by atoms with Gasteiger partial charge < -0.3 is 10.5 Å². The van der Waals surface area contributed by atoms with Crippen molar-refractivity contribution in [2.45, 2.75) is 62.8 Å². The summed E-state index contributed by atoms with van der Waals surface area (Å²) in [5.41, 5.74) is 9.56. The third-order valence-electron chi connectivity index (χ3n) is 5.73. The second kappa shape index (κ2) is 5.71. The van der Waals surface area contributed by atoms with Crippen LogP contribution in [0.25, 0.3) is 0 Å². The van der Waals surface area contributed by atoms with E-state index >= 15 is 0 Å². The number of fused-ring (bicyclic) bond motifs is 2. The van der Waals surface area contributed by atoms with Crippen molar-refractivity contribution < 1.29 is 4.74 Å². The molecule has 1 aromatic rings. The summed E-state index contributed by atoms with van der Waals surface area (Å²) >= 11 is 0. The minimum Gasteiger partial charge on any atom is -0.375 e. The van der Waals surface area contributed by atoms with Gasteiger partial charge in [-0.2, -0.15) is 0 Å². The molecule has 3 heteroatoms. The van der Waals surface area contributed by atoms with Crippen LogP contribution in [-0.4, -0.2) is 36.2 Å². The lowest BCUT2D eigenvalue weighted by atomic mass is 9.94. The first-order valence-corrected chi connectivity index (χ1v) is 8.55. The van der Waals surface area contributed by atoms with Gasteiger partial charge in [0.1, 0.15) is 0 Å². The van der Waals surface area contributed by atoms with Gasteiger partial charge in [0.15, 0.2) is 0 Å². The number of rotatable bonds is 1. The van der Waals surface area contributed by atoms with Crippen LogP contribution in [0.4, 0.5) is 0 Å². The third-order valence-corrected chi connectivity index (χ3v) is 5.73. The smallest absolute Gasteiger partial charge is 0.0731 e. The second-order valence-electron chi connectivity index (χ2n) is 6.83. The maximum Gasteiger partial charge on any atom is 0.0731 e. The fourth-order valence-electron chi connectivity index (χ4n) is 4.71. The van der Waals surface area contributed by atoms with E-state index in [-0.39, 0.29) is 6.04 Å². The molecular weight excluding hydrogens is 260 g/mol. The molecule has 0 aromatic heterocycles. The summed E-state index contributed by atoms with van der Waals surface area (Å²) in [6.45, 7) is 1.94. The molecule has 1 aliphatic heterocycles. The molecule has 21 heavy (non-hydrogen) atoms. The summed E-state index contributed by atoms with van der Waals surface area (Å²) in [7, 11) is 0. The van der Waals surface area contributed by atoms with Gasteiger partial charge in [-0.05, 0) is 49.7 Å². The van der Waals surface area contributed by atoms with Crippen LogP contribution in [-0.2, 0) is 11.2 Å². The molecule has 2 N–H and O–H groups in total. The molecule has 4 rings (SSSR count). The predicted octanol–water partition coefficient (Wildman–Crippen LogP) is 2.64. The quantitative estimate of drug-likeness (QED) is 0.807. The van der Waals surface area contributed by atoms with Gasteiger partial charge in [0.2, 0.25) is 0 Å². The van der Waals surface area contributed by atoms with Crippen molar-refractivity contribution in [3.63, 3.8) is 0 Å². The number of hydrogen-bond donors (Lipinski definition) is 1. The molecule has 4 atom stereocenters. The van der Waals surface area contributed by atoms with Crippen LogP contribution in [0, 0.1) is 0 Å². The maximum atomic E-state index is 6.72. The zero-order valence-corrected chi connectivity index (χ0v) is 12.7. The summed E-state index contributed by atoms with van der Waals surface area (Å²) in [6, 6.07) is 10.0. The molecule has 0 bridgehead atoms. The van der Waals surface area contributed by atoms with E-state index in [2.05, 4.69) is 29.2 Å². The van der Waals surface area contributed by atoms with Gasteiger partial charge in [0.25, 0.3) is 0 Å². The van der Waals surface area contributed by atoms with Crippen LogP contribution < -0.4 is 5.73 Å². The Hall–Kier alpha value is -0.900. The minimum atomic E-state index is 0.156. The van der Waals surface area contributed by atoms with Gasteiger partial charge >= 0.3 is 0 Å². The SMILES string of the molecule is NC1c2ccccc2CCCC1N1CCOC2CCCC21. The van der Waals surface area contributed by atoms with Crippen molar-refractivity contribution in [3.05, 3.63) is 35.4 Å². The largest absolute Gasteiger partial charge is 0.375 e. The van der Waals surface area contributed by atoms with E-state index in [0.717, 1.165) is 13.2 Å². The highest BCUT2D eigenvalue weighted by molar-refractivity contribution is 5.32. The molecule has 0 spiro atoms. The molecule has 4 unspecified atom stereocenters. The molecule has 1 saturated heterocycles. The molecule has 0 amide bonds. The predicted molar refractivity (Wildman–Crippen MR) is 84.2 cm³/mol. The summed E-state index contributed by atoms with van der Waals surface area (Å²) in [5.74, 6) is 0. The lowest BCUT2D eigenvalue weighted by molar-refractivity contribution is -0.0765. The van der Waals surface area contributed by atoms with Gasteiger partial charge in [-0.15, -0.1) is 0 Å². The highest BCUT2D eigenvalue weighted by atomic mass is 16.5. The minimum absolute atomic E-state index is 0.156. The average Bonchev–Trinajstić information content (AvgIpc) is 2.94. The first-order valence-electron chi connectivity index (χ1n) is 8.55. The molecule has 1 saturated carbocycles. The average molecular weight is 286 g/mol. The van der Waals surface area contributed by atoms with Crippen LogP contribution in [0.15, 0.2) is 24.3 Å². The van der Waals surface area contributed by atoms with E-state index in [1.807, 2.05) is 0 Å². The van der Waals surface area contributed by atoms with Gasteiger partial charge in [-0.25, -0.2) is 0 Å². The van der Waals surface area contributed by atoms with Gasteiger partial charge in [0.05, 0.1) is 12.7 Å². The van der Waals surface area contributed by atoms with Crippen molar-refractivity contribution in [3.8, 4) is 0 Å². The number of morpholine rings is 1. The van der Waals surface area contributed by atoms with Crippen molar-refractivity contribution in [2.24, 2.45) is 5.73 Å². The maximum absolute atomic E-state index is 6.72. The molecule has 1 aromatic carbocycles. The summed E-state index contributed by atoms with van der Waals surface area (Å²) in [5, 5.41) is 0. The Balaban J connectivity index is 1.62. The highest BCUT2D eigenvalue weighted by Gasteiger charge is 2.41. The molecular formula is C18H26N2O. The fourth-order valence-corrected chi connectivity index (χ4v) is 4.71. The van der Waals surface area contributed by atoms with Crippen LogP contribution in [0.2, 0.25) is 0 Å². The Kier molecular flexibility index (Phi) is 3.74. The summed E-state index contributed by atoms with van der Waals surface area (Å²) in [4.78, 5) is 2.70. The Morgan fingerprint density at radius 2 is 1.90 bits per heavy atom.